The van der Waals surface area contributed by atoms with Crippen LogP contribution in [0.4, 0.5) is 0 Å². The maximum atomic E-state index is 5.34. The quantitative estimate of drug-likeness (QED) is 0.680. The van der Waals surface area contributed by atoms with Gasteiger partial charge in [0.15, 0.2) is 0 Å². The minimum absolute atomic E-state index is 0.967. The van der Waals surface area contributed by atoms with E-state index in [1.54, 1.807) is 7.11 Å². The Morgan fingerprint density at radius 3 is 2.40 bits per heavy atom. The summed E-state index contributed by atoms with van der Waals surface area (Å²) in [6.45, 7) is 6.40. The van der Waals surface area contributed by atoms with Crippen molar-refractivity contribution < 1.29 is 4.74 Å². The molecular formula is C14H16O. The van der Waals surface area contributed by atoms with Crippen LogP contribution in [0, 0.1) is 20.8 Å². The van der Waals surface area contributed by atoms with Crippen LogP contribution in [0.3, 0.4) is 0 Å². The summed E-state index contributed by atoms with van der Waals surface area (Å²) >= 11 is 0. The van der Waals surface area contributed by atoms with Crippen LogP contribution in [0.5, 0.6) is 5.75 Å². The van der Waals surface area contributed by atoms with Gasteiger partial charge in [-0.05, 0) is 48.7 Å². The Morgan fingerprint density at radius 1 is 1.00 bits per heavy atom. The third-order valence-electron chi connectivity index (χ3n) is 2.89. The number of ether oxygens (including phenoxy) is 1. The van der Waals surface area contributed by atoms with Crippen molar-refractivity contribution in [2.24, 2.45) is 0 Å². The third-order valence-corrected chi connectivity index (χ3v) is 2.89. The van der Waals surface area contributed by atoms with E-state index in [0.717, 1.165) is 5.75 Å². The van der Waals surface area contributed by atoms with Crippen LogP contribution in [-0.2, 0) is 0 Å². The molecule has 1 heteroatoms. The summed E-state index contributed by atoms with van der Waals surface area (Å²) in [4.78, 5) is 0. The number of benzene rings is 2. The fourth-order valence-electron chi connectivity index (χ4n) is 2.28. The smallest absolute Gasteiger partial charge is 0.122 e. The minimum Gasteiger partial charge on any atom is -0.496 e. The average Bonchev–Trinajstić information content (AvgIpc) is 2.17. The Balaban J connectivity index is 2.87. The van der Waals surface area contributed by atoms with Gasteiger partial charge in [-0.25, -0.2) is 0 Å². The zero-order valence-corrected chi connectivity index (χ0v) is 9.72. The first-order valence-electron chi connectivity index (χ1n) is 5.18. The molecule has 0 saturated heterocycles. The lowest BCUT2D eigenvalue weighted by molar-refractivity contribution is 0.412. The Labute approximate surface area is 90.7 Å². The van der Waals surface area contributed by atoms with Gasteiger partial charge < -0.3 is 4.74 Å². The van der Waals surface area contributed by atoms with Gasteiger partial charge >= 0.3 is 0 Å². The molecule has 2 rings (SSSR count). The van der Waals surface area contributed by atoms with Crippen LogP contribution in [0.25, 0.3) is 10.8 Å². The van der Waals surface area contributed by atoms with E-state index in [0.29, 0.717) is 0 Å². The summed E-state index contributed by atoms with van der Waals surface area (Å²) in [5, 5.41) is 2.62. The minimum atomic E-state index is 0.967. The molecule has 0 amide bonds. The number of rotatable bonds is 1. The molecule has 0 aliphatic heterocycles. The largest absolute Gasteiger partial charge is 0.496 e. The van der Waals surface area contributed by atoms with Gasteiger partial charge in [-0.2, -0.15) is 0 Å². The molecule has 0 saturated carbocycles. The van der Waals surface area contributed by atoms with E-state index in [1.807, 2.05) is 6.07 Å². The highest BCUT2D eigenvalue weighted by Crippen LogP contribution is 2.30. The van der Waals surface area contributed by atoms with E-state index in [1.165, 1.54) is 27.5 Å². The molecule has 78 valence electrons. The van der Waals surface area contributed by atoms with Crippen LogP contribution < -0.4 is 4.74 Å². The molecule has 0 aromatic heterocycles. The van der Waals surface area contributed by atoms with Gasteiger partial charge in [0.25, 0.3) is 0 Å². The van der Waals surface area contributed by atoms with Gasteiger partial charge in [0, 0.05) is 0 Å². The zero-order valence-electron chi connectivity index (χ0n) is 9.72. The van der Waals surface area contributed by atoms with Crippen molar-refractivity contribution >= 4 is 10.8 Å². The Morgan fingerprint density at radius 2 is 1.73 bits per heavy atom. The summed E-state index contributed by atoms with van der Waals surface area (Å²) < 4.78 is 5.34. The Bertz CT molecular complexity index is 512. The number of hydrogen-bond acceptors (Lipinski definition) is 1. The molecule has 0 aliphatic carbocycles. The SMILES string of the molecule is COc1ccc2cc(C)cc(C)c2c1C. The maximum Gasteiger partial charge on any atom is 0.122 e. The van der Waals surface area contributed by atoms with Crippen molar-refractivity contribution in [3.8, 4) is 5.75 Å². The molecule has 2 aromatic carbocycles. The van der Waals surface area contributed by atoms with Crippen molar-refractivity contribution in [1.29, 1.82) is 0 Å². The van der Waals surface area contributed by atoms with E-state index in [9.17, 15) is 0 Å². The van der Waals surface area contributed by atoms with Crippen LogP contribution in [0.2, 0.25) is 0 Å². The molecule has 2 aromatic rings. The van der Waals surface area contributed by atoms with Crippen molar-refractivity contribution in [2.75, 3.05) is 7.11 Å². The monoisotopic (exact) mass is 200 g/mol. The molecule has 0 unspecified atom stereocenters. The highest BCUT2D eigenvalue weighted by molar-refractivity contribution is 5.91. The molecule has 0 heterocycles. The summed E-state index contributed by atoms with van der Waals surface area (Å²) in [6, 6.07) is 8.60. The lowest BCUT2D eigenvalue weighted by Crippen LogP contribution is -1.90. The van der Waals surface area contributed by atoms with Gasteiger partial charge in [0.1, 0.15) is 5.75 Å². The highest BCUT2D eigenvalue weighted by Gasteiger charge is 2.06. The van der Waals surface area contributed by atoms with E-state index in [2.05, 4.69) is 39.0 Å². The number of fused-ring (bicyclic) bond motifs is 1. The zero-order chi connectivity index (χ0) is 11.0. The Hall–Kier alpha value is -1.50. The predicted molar refractivity (Wildman–Crippen MR) is 64.7 cm³/mol. The summed E-state index contributed by atoms with van der Waals surface area (Å²) in [6.07, 6.45) is 0. The second-order valence-corrected chi connectivity index (χ2v) is 4.07. The molecule has 0 N–H and O–H groups in total. The van der Waals surface area contributed by atoms with Crippen LogP contribution in [0.1, 0.15) is 16.7 Å². The third kappa shape index (κ3) is 1.58. The van der Waals surface area contributed by atoms with Crippen LogP contribution in [-0.4, -0.2) is 7.11 Å². The van der Waals surface area contributed by atoms with Gasteiger partial charge in [0.05, 0.1) is 7.11 Å². The molecule has 1 nitrogen and oxygen atoms in total. The summed E-state index contributed by atoms with van der Waals surface area (Å²) in [7, 11) is 1.72. The van der Waals surface area contributed by atoms with Crippen LogP contribution in [0.15, 0.2) is 24.3 Å². The summed E-state index contributed by atoms with van der Waals surface area (Å²) in [5.74, 6) is 0.967. The maximum absolute atomic E-state index is 5.34. The van der Waals surface area contributed by atoms with E-state index in [-0.39, 0.29) is 0 Å². The lowest BCUT2D eigenvalue weighted by Gasteiger charge is -2.11. The van der Waals surface area contributed by atoms with E-state index < -0.39 is 0 Å². The van der Waals surface area contributed by atoms with Crippen LogP contribution >= 0.6 is 0 Å². The highest BCUT2D eigenvalue weighted by atomic mass is 16.5. The molecule has 15 heavy (non-hydrogen) atoms. The standard InChI is InChI=1S/C14H16O/c1-9-7-10(2)14-11(3)13(15-4)6-5-12(14)8-9/h5-8H,1-4H3. The molecule has 0 bridgehead atoms. The van der Waals surface area contributed by atoms with Gasteiger partial charge in [-0.15, -0.1) is 0 Å². The Kier molecular flexibility index (Phi) is 2.39. The fourth-order valence-corrected chi connectivity index (χ4v) is 2.28. The van der Waals surface area contributed by atoms with Gasteiger partial charge in [-0.3, -0.25) is 0 Å². The topological polar surface area (TPSA) is 9.23 Å². The van der Waals surface area contributed by atoms with Gasteiger partial charge in [0.2, 0.25) is 0 Å². The molecular weight excluding hydrogens is 184 g/mol. The second-order valence-electron chi connectivity index (χ2n) is 4.07. The predicted octanol–water partition coefficient (Wildman–Crippen LogP) is 3.77. The first-order valence-corrected chi connectivity index (χ1v) is 5.18. The molecule has 0 fully saturated rings. The molecule has 0 spiro atoms. The molecule has 0 radical (unpaired) electrons. The van der Waals surface area contributed by atoms with Crippen molar-refractivity contribution in [2.45, 2.75) is 20.8 Å². The van der Waals surface area contributed by atoms with Crippen molar-refractivity contribution in [3.63, 3.8) is 0 Å². The van der Waals surface area contributed by atoms with Gasteiger partial charge in [-0.1, -0.05) is 23.8 Å². The molecule has 0 atom stereocenters. The first-order chi connectivity index (χ1) is 7.13. The van der Waals surface area contributed by atoms with E-state index in [4.69, 9.17) is 4.74 Å². The lowest BCUT2D eigenvalue weighted by atomic mass is 9.98. The van der Waals surface area contributed by atoms with Crippen molar-refractivity contribution in [1.82, 2.24) is 0 Å². The number of aryl methyl sites for hydroxylation is 3. The normalized spacial score (nSPS) is 10.7. The number of hydrogen-bond donors (Lipinski definition) is 0. The first kappa shape index (κ1) is 10.0. The number of methoxy groups -OCH3 is 1. The van der Waals surface area contributed by atoms with E-state index >= 15 is 0 Å². The average molecular weight is 200 g/mol. The second kappa shape index (κ2) is 3.58. The fraction of sp³-hybridized carbons (Fsp3) is 0.286. The molecule has 0 aliphatic rings. The van der Waals surface area contributed by atoms with Crippen molar-refractivity contribution in [3.05, 3.63) is 41.0 Å². The summed E-state index contributed by atoms with van der Waals surface area (Å²) in [5.41, 5.74) is 3.86.